The Morgan fingerprint density at radius 3 is 2.48 bits per heavy atom. The van der Waals surface area contributed by atoms with Crippen molar-refractivity contribution >= 4 is 29.3 Å². The molecule has 14 heteroatoms. The van der Waals surface area contributed by atoms with Crippen molar-refractivity contribution in [2.24, 2.45) is 10.1 Å². The van der Waals surface area contributed by atoms with Crippen LogP contribution >= 0.6 is 11.8 Å². The number of hydrogen-bond acceptors (Lipinski definition) is 5. The molecule has 2 aliphatic rings. The van der Waals surface area contributed by atoms with Crippen molar-refractivity contribution < 1.29 is 31.1 Å². The minimum absolute atomic E-state index is 0.0437. The molecule has 178 valence electrons. The van der Waals surface area contributed by atoms with E-state index in [1.807, 2.05) is 0 Å². The zero-order valence-electron chi connectivity index (χ0n) is 16.9. The van der Waals surface area contributed by atoms with Crippen LogP contribution in [0, 0.1) is 11.5 Å². The molecule has 7 nitrogen and oxygen atoms in total. The third-order valence-corrected chi connectivity index (χ3v) is 5.63. The molecule has 1 aromatic carbocycles. The van der Waals surface area contributed by atoms with E-state index in [-0.39, 0.29) is 42.5 Å². The lowest BCUT2D eigenvalue weighted by molar-refractivity contribution is -0.137. The number of carbonyl (C=O) groups excluding carboxylic acids is 1. The Kier molecular flexibility index (Phi) is 7.41. The second-order valence-electron chi connectivity index (χ2n) is 7.09. The molecule has 1 aromatic rings. The summed E-state index contributed by atoms with van der Waals surface area (Å²) in [5.74, 6) is -0.633. The quantitative estimate of drug-likeness (QED) is 0.170. The SMILES string of the molecule is N#CNC(=NCCSC(F)(F)F)N1CC(N2CCCC2=O)C(c2ccc(C(F)(F)F)cc2)=N1. The molecule has 0 radical (unpaired) electrons. The number of rotatable bonds is 5. The van der Waals surface area contributed by atoms with Crippen LogP contribution in [0.2, 0.25) is 0 Å². The van der Waals surface area contributed by atoms with E-state index >= 15 is 0 Å². The van der Waals surface area contributed by atoms with Crippen molar-refractivity contribution in [1.82, 2.24) is 15.2 Å². The second-order valence-corrected chi connectivity index (χ2v) is 8.25. The Labute approximate surface area is 189 Å². The number of amides is 1. The Hall–Kier alpha value is -2.95. The zero-order chi connectivity index (χ0) is 24.2. The lowest BCUT2D eigenvalue weighted by Gasteiger charge is -2.25. The first-order chi connectivity index (χ1) is 15.5. The van der Waals surface area contributed by atoms with Gasteiger partial charge in [0, 0.05) is 18.7 Å². The highest BCUT2D eigenvalue weighted by Crippen LogP contribution is 2.31. The number of likely N-dealkylation sites (tertiary alicyclic amines) is 1. The number of nitrogens with one attached hydrogen (secondary N) is 1. The monoisotopic (exact) mass is 492 g/mol. The predicted octanol–water partition coefficient (Wildman–Crippen LogP) is 3.40. The topological polar surface area (TPSA) is 84.1 Å². The fourth-order valence-corrected chi connectivity index (χ4v) is 3.91. The molecule has 0 aromatic heterocycles. The first-order valence-corrected chi connectivity index (χ1v) is 10.7. The number of alkyl halides is 6. The van der Waals surface area contributed by atoms with Crippen LogP contribution in [0.1, 0.15) is 24.0 Å². The summed E-state index contributed by atoms with van der Waals surface area (Å²) in [5, 5.41) is 16.9. The highest BCUT2D eigenvalue weighted by Gasteiger charge is 2.39. The number of aliphatic imine (C=N–C) groups is 1. The molecule has 1 atom stereocenters. The molecule has 2 heterocycles. The van der Waals surface area contributed by atoms with Gasteiger partial charge in [-0.25, -0.2) is 10.0 Å². The van der Waals surface area contributed by atoms with E-state index in [9.17, 15) is 31.1 Å². The van der Waals surface area contributed by atoms with Crippen molar-refractivity contribution in [3.05, 3.63) is 35.4 Å². The molecular weight excluding hydrogens is 474 g/mol. The summed E-state index contributed by atoms with van der Waals surface area (Å²) in [4.78, 5) is 17.9. The Morgan fingerprint density at radius 2 is 1.94 bits per heavy atom. The molecule has 0 aliphatic carbocycles. The van der Waals surface area contributed by atoms with Crippen molar-refractivity contribution in [1.29, 1.82) is 5.26 Å². The minimum atomic E-state index is -4.52. The smallest absolute Gasteiger partial charge is 0.332 e. The third kappa shape index (κ3) is 6.31. The second kappa shape index (κ2) is 9.90. The standard InChI is InChI=1S/C19H18F6N6OS/c20-18(21,22)13-5-3-12(4-6-13)16-14(30-8-1-2-15(30)32)10-31(29-16)17(28-11-26)27-7-9-33-19(23,24)25/h3-6,14H,1-2,7-10H2,(H,27,28). The van der Waals surface area contributed by atoms with E-state index in [4.69, 9.17) is 5.26 Å². The Bertz CT molecular complexity index is 969. The van der Waals surface area contributed by atoms with Crippen LogP contribution < -0.4 is 5.32 Å². The third-order valence-electron chi connectivity index (χ3n) is 4.91. The Balaban J connectivity index is 1.88. The normalized spacial score (nSPS) is 19.7. The molecule has 0 bridgehead atoms. The van der Waals surface area contributed by atoms with E-state index in [0.717, 1.165) is 12.1 Å². The van der Waals surface area contributed by atoms with Gasteiger partial charge in [-0.2, -0.15) is 36.7 Å². The number of nitrogens with zero attached hydrogens (tertiary/aromatic N) is 5. The maximum Gasteiger partial charge on any atom is 0.441 e. The lowest BCUT2D eigenvalue weighted by Crippen LogP contribution is -2.45. The maximum atomic E-state index is 12.9. The summed E-state index contributed by atoms with van der Waals surface area (Å²) < 4.78 is 75.8. The molecule has 1 saturated heterocycles. The average molecular weight is 492 g/mol. The molecule has 3 rings (SSSR count). The first-order valence-electron chi connectivity index (χ1n) is 9.73. The summed E-state index contributed by atoms with van der Waals surface area (Å²) >= 11 is -0.259. The summed E-state index contributed by atoms with van der Waals surface area (Å²) in [6.45, 7) is 0.211. The summed E-state index contributed by atoms with van der Waals surface area (Å²) in [5.41, 5.74) is -4.61. The number of hydrazone groups is 1. The zero-order valence-corrected chi connectivity index (χ0v) is 17.8. The van der Waals surface area contributed by atoms with Crippen molar-refractivity contribution in [2.75, 3.05) is 25.4 Å². The summed E-state index contributed by atoms with van der Waals surface area (Å²) in [6, 6.07) is 3.67. The number of thioether (sulfide) groups is 1. The summed E-state index contributed by atoms with van der Waals surface area (Å²) in [7, 11) is 0. The number of benzene rings is 1. The van der Waals surface area contributed by atoms with Gasteiger partial charge in [0.2, 0.25) is 11.9 Å². The van der Waals surface area contributed by atoms with Gasteiger partial charge >= 0.3 is 11.7 Å². The highest BCUT2D eigenvalue weighted by molar-refractivity contribution is 8.00. The highest BCUT2D eigenvalue weighted by atomic mass is 32.2. The van der Waals surface area contributed by atoms with Crippen LogP contribution in [0.15, 0.2) is 34.4 Å². The van der Waals surface area contributed by atoms with Gasteiger partial charge in [0.15, 0.2) is 6.19 Å². The van der Waals surface area contributed by atoms with Crippen LogP contribution in [0.5, 0.6) is 0 Å². The number of hydrogen-bond donors (Lipinski definition) is 1. The van der Waals surface area contributed by atoms with Gasteiger partial charge in [-0.1, -0.05) is 12.1 Å². The van der Waals surface area contributed by atoms with Gasteiger partial charge in [0.05, 0.1) is 30.4 Å². The van der Waals surface area contributed by atoms with Gasteiger partial charge in [-0.15, -0.1) is 0 Å². The fraction of sp³-hybridized carbons (Fsp3) is 0.474. The van der Waals surface area contributed by atoms with E-state index in [1.165, 1.54) is 17.1 Å². The fourth-order valence-electron chi connectivity index (χ4n) is 3.50. The van der Waals surface area contributed by atoms with Gasteiger partial charge in [-0.3, -0.25) is 10.1 Å². The average Bonchev–Trinajstić information content (AvgIpc) is 3.35. The van der Waals surface area contributed by atoms with Crippen molar-refractivity contribution in [3.8, 4) is 6.19 Å². The number of halogens is 6. The number of carbonyl (C=O) groups is 1. The molecule has 33 heavy (non-hydrogen) atoms. The van der Waals surface area contributed by atoms with Crippen molar-refractivity contribution in [3.63, 3.8) is 0 Å². The molecule has 1 unspecified atom stereocenters. The van der Waals surface area contributed by atoms with E-state index in [2.05, 4.69) is 15.4 Å². The van der Waals surface area contributed by atoms with Gasteiger partial charge in [-0.05, 0) is 35.9 Å². The van der Waals surface area contributed by atoms with Gasteiger partial charge in [0.25, 0.3) is 0 Å². The lowest BCUT2D eigenvalue weighted by atomic mass is 10.0. The van der Waals surface area contributed by atoms with Crippen LogP contribution in [0.4, 0.5) is 26.3 Å². The molecule has 1 N–H and O–H groups in total. The minimum Gasteiger partial charge on any atom is -0.332 e. The Morgan fingerprint density at radius 1 is 1.24 bits per heavy atom. The first kappa shape index (κ1) is 24.7. The van der Waals surface area contributed by atoms with Crippen LogP contribution in [-0.2, 0) is 11.0 Å². The predicted molar refractivity (Wildman–Crippen MR) is 109 cm³/mol. The van der Waals surface area contributed by atoms with Crippen molar-refractivity contribution in [2.45, 2.75) is 30.6 Å². The van der Waals surface area contributed by atoms with E-state index in [0.29, 0.717) is 30.7 Å². The van der Waals surface area contributed by atoms with E-state index in [1.54, 1.807) is 11.1 Å². The molecule has 2 aliphatic heterocycles. The van der Waals surface area contributed by atoms with E-state index < -0.39 is 23.3 Å². The molecular formula is C19H18F6N6OS. The number of nitriles is 1. The molecule has 0 spiro atoms. The maximum absolute atomic E-state index is 12.9. The molecule has 1 amide bonds. The van der Waals surface area contributed by atoms with Crippen LogP contribution in [0.3, 0.4) is 0 Å². The van der Waals surface area contributed by atoms with Gasteiger partial charge < -0.3 is 4.90 Å². The van der Waals surface area contributed by atoms with Crippen LogP contribution in [-0.4, -0.2) is 64.4 Å². The molecule has 1 fully saturated rings. The largest absolute Gasteiger partial charge is 0.441 e. The number of guanidine groups is 1. The summed E-state index contributed by atoms with van der Waals surface area (Å²) in [6.07, 6.45) is -1.93. The van der Waals surface area contributed by atoms with Crippen LogP contribution in [0.25, 0.3) is 0 Å². The molecule has 0 saturated carbocycles. The van der Waals surface area contributed by atoms with Gasteiger partial charge in [0.1, 0.15) is 0 Å².